The Hall–Kier alpha value is -1.19. The maximum absolute atomic E-state index is 5.84. The van der Waals surface area contributed by atoms with Gasteiger partial charge in [-0.3, -0.25) is 0 Å². The second kappa shape index (κ2) is 4.48. The van der Waals surface area contributed by atoms with Crippen molar-refractivity contribution in [1.82, 2.24) is 4.98 Å². The van der Waals surface area contributed by atoms with Crippen molar-refractivity contribution in [2.24, 2.45) is 5.73 Å². The van der Waals surface area contributed by atoms with Crippen molar-refractivity contribution in [3.8, 4) is 10.6 Å². The molecule has 94 valence electrons. The van der Waals surface area contributed by atoms with Crippen LogP contribution in [0.25, 0.3) is 10.6 Å². The predicted octanol–water partition coefficient (Wildman–Crippen LogP) is 3.63. The van der Waals surface area contributed by atoms with Crippen molar-refractivity contribution in [1.29, 1.82) is 0 Å². The van der Waals surface area contributed by atoms with Crippen LogP contribution in [0.3, 0.4) is 0 Å². The summed E-state index contributed by atoms with van der Waals surface area (Å²) in [6, 6.07) is 6.94. The van der Waals surface area contributed by atoms with Crippen molar-refractivity contribution in [2.75, 3.05) is 0 Å². The molecule has 1 saturated carbocycles. The van der Waals surface area contributed by atoms with Crippen molar-refractivity contribution in [2.45, 2.75) is 38.6 Å². The highest BCUT2D eigenvalue weighted by molar-refractivity contribution is 7.13. The molecule has 0 saturated heterocycles. The lowest BCUT2D eigenvalue weighted by Gasteiger charge is -2.30. The van der Waals surface area contributed by atoms with E-state index in [0.29, 0.717) is 12.0 Å². The molecule has 1 aliphatic rings. The van der Waals surface area contributed by atoms with Gasteiger partial charge in [0, 0.05) is 22.9 Å². The van der Waals surface area contributed by atoms with Crippen LogP contribution < -0.4 is 5.73 Å². The summed E-state index contributed by atoms with van der Waals surface area (Å²) < 4.78 is 0. The zero-order valence-electron chi connectivity index (χ0n) is 10.8. The van der Waals surface area contributed by atoms with E-state index in [-0.39, 0.29) is 0 Å². The highest BCUT2D eigenvalue weighted by Gasteiger charge is 2.29. The number of benzene rings is 1. The quantitative estimate of drug-likeness (QED) is 0.893. The fraction of sp³-hybridized carbons (Fsp3) is 0.400. The Morgan fingerprint density at radius 3 is 2.78 bits per heavy atom. The molecule has 0 bridgehead atoms. The third-order valence-corrected chi connectivity index (χ3v) is 4.63. The van der Waals surface area contributed by atoms with Gasteiger partial charge >= 0.3 is 0 Å². The Kier molecular flexibility index (Phi) is 2.96. The van der Waals surface area contributed by atoms with Crippen molar-refractivity contribution < 1.29 is 0 Å². The molecule has 0 unspecified atom stereocenters. The van der Waals surface area contributed by atoms with E-state index in [2.05, 4.69) is 37.4 Å². The van der Waals surface area contributed by atoms with E-state index in [1.165, 1.54) is 22.4 Å². The lowest BCUT2D eigenvalue weighted by Crippen LogP contribution is -2.34. The molecular formula is C15H18N2S. The highest BCUT2D eigenvalue weighted by Crippen LogP contribution is 2.38. The molecule has 0 radical (unpaired) electrons. The van der Waals surface area contributed by atoms with Gasteiger partial charge in [0.2, 0.25) is 0 Å². The summed E-state index contributed by atoms with van der Waals surface area (Å²) >= 11 is 1.75. The van der Waals surface area contributed by atoms with E-state index in [9.17, 15) is 0 Å². The van der Waals surface area contributed by atoms with Gasteiger partial charge in [0.05, 0.1) is 5.69 Å². The summed E-state index contributed by atoms with van der Waals surface area (Å²) in [7, 11) is 0. The zero-order chi connectivity index (χ0) is 12.7. The normalized spacial score (nSPS) is 22.8. The van der Waals surface area contributed by atoms with Crippen LogP contribution in [0.1, 0.15) is 35.6 Å². The van der Waals surface area contributed by atoms with Crippen LogP contribution in [-0.4, -0.2) is 11.0 Å². The molecule has 2 N–H and O–H groups in total. The highest BCUT2D eigenvalue weighted by atomic mass is 32.1. The van der Waals surface area contributed by atoms with E-state index in [1.807, 2.05) is 0 Å². The van der Waals surface area contributed by atoms with Crippen LogP contribution in [0.2, 0.25) is 0 Å². The molecular weight excluding hydrogens is 240 g/mol. The Bertz CT molecular complexity index is 568. The first kappa shape index (κ1) is 11.9. The fourth-order valence-electron chi connectivity index (χ4n) is 2.47. The maximum atomic E-state index is 5.84. The number of hydrogen-bond donors (Lipinski definition) is 1. The molecule has 0 atom stereocenters. The lowest BCUT2D eigenvalue weighted by atomic mass is 9.79. The van der Waals surface area contributed by atoms with E-state index in [1.54, 1.807) is 11.3 Å². The van der Waals surface area contributed by atoms with Gasteiger partial charge < -0.3 is 5.73 Å². The Morgan fingerprint density at radius 2 is 2.06 bits per heavy atom. The third-order valence-electron chi connectivity index (χ3n) is 3.74. The standard InChI is InChI=1S/C15H18N2S/c1-9-3-4-10(2)13(5-9)15-17-14(8-18-15)11-6-12(16)7-11/h3-5,8,11-12H,6-7,16H2,1-2H3. The Morgan fingerprint density at radius 1 is 1.28 bits per heavy atom. The first-order valence-corrected chi connectivity index (χ1v) is 7.30. The zero-order valence-corrected chi connectivity index (χ0v) is 11.6. The fourth-order valence-corrected chi connectivity index (χ4v) is 3.45. The van der Waals surface area contributed by atoms with Gasteiger partial charge in [-0.15, -0.1) is 11.3 Å². The second-order valence-electron chi connectivity index (χ2n) is 5.32. The number of aromatic nitrogens is 1. The topological polar surface area (TPSA) is 38.9 Å². The van der Waals surface area contributed by atoms with Crippen molar-refractivity contribution in [3.05, 3.63) is 40.4 Å². The molecule has 1 aliphatic carbocycles. The second-order valence-corrected chi connectivity index (χ2v) is 6.18. The van der Waals surface area contributed by atoms with Crippen LogP contribution in [0.4, 0.5) is 0 Å². The molecule has 0 aliphatic heterocycles. The van der Waals surface area contributed by atoms with E-state index in [4.69, 9.17) is 10.7 Å². The summed E-state index contributed by atoms with van der Waals surface area (Å²) in [6.07, 6.45) is 2.19. The number of rotatable bonds is 2. The molecule has 0 amide bonds. The summed E-state index contributed by atoms with van der Waals surface area (Å²) in [6.45, 7) is 4.28. The monoisotopic (exact) mass is 258 g/mol. The minimum atomic E-state index is 0.390. The Labute approximate surface area is 112 Å². The van der Waals surface area contributed by atoms with Crippen LogP contribution in [0, 0.1) is 13.8 Å². The van der Waals surface area contributed by atoms with Crippen molar-refractivity contribution >= 4 is 11.3 Å². The van der Waals surface area contributed by atoms with Gasteiger partial charge in [-0.1, -0.05) is 17.7 Å². The van der Waals surface area contributed by atoms with E-state index < -0.39 is 0 Å². The molecule has 3 heteroatoms. The molecule has 2 aromatic rings. The van der Waals surface area contributed by atoms with Gasteiger partial charge in [0.15, 0.2) is 0 Å². The SMILES string of the molecule is Cc1ccc(C)c(-c2nc(C3CC(N)C3)cs2)c1. The van der Waals surface area contributed by atoms with E-state index >= 15 is 0 Å². The van der Waals surface area contributed by atoms with Gasteiger partial charge in [0.25, 0.3) is 0 Å². The minimum absolute atomic E-state index is 0.390. The minimum Gasteiger partial charge on any atom is -0.328 e. The average molecular weight is 258 g/mol. The molecule has 2 nitrogen and oxygen atoms in total. The average Bonchev–Trinajstić information content (AvgIpc) is 2.77. The molecule has 1 fully saturated rings. The summed E-state index contributed by atoms with van der Waals surface area (Å²) in [5, 5.41) is 3.35. The van der Waals surface area contributed by atoms with Gasteiger partial charge in [0.1, 0.15) is 5.01 Å². The first-order valence-electron chi connectivity index (χ1n) is 6.42. The molecule has 0 spiro atoms. The van der Waals surface area contributed by atoms with E-state index in [0.717, 1.165) is 17.8 Å². The molecule has 3 rings (SSSR count). The number of aryl methyl sites for hydroxylation is 2. The van der Waals surface area contributed by atoms with Gasteiger partial charge in [-0.05, 0) is 38.3 Å². The summed E-state index contributed by atoms with van der Waals surface area (Å²) in [5.41, 5.74) is 10.9. The maximum Gasteiger partial charge on any atom is 0.123 e. The lowest BCUT2D eigenvalue weighted by molar-refractivity contribution is 0.346. The molecule has 1 aromatic heterocycles. The summed E-state index contributed by atoms with van der Waals surface area (Å²) in [4.78, 5) is 4.80. The number of thiazole rings is 1. The van der Waals surface area contributed by atoms with Crippen LogP contribution in [0.5, 0.6) is 0 Å². The number of nitrogens with two attached hydrogens (primary N) is 1. The summed E-state index contributed by atoms with van der Waals surface area (Å²) in [5.74, 6) is 0.593. The van der Waals surface area contributed by atoms with Crippen LogP contribution >= 0.6 is 11.3 Å². The van der Waals surface area contributed by atoms with Crippen LogP contribution in [0.15, 0.2) is 23.6 Å². The van der Waals surface area contributed by atoms with Gasteiger partial charge in [-0.2, -0.15) is 0 Å². The largest absolute Gasteiger partial charge is 0.328 e. The number of hydrogen-bond acceptors (Lipinski definition) is 3. The van der Waals surface area contributed by atoms with Crippen LogP contribution in [-0.2, 0) is 0 Å². The van der Waals surface area contributed by atoms with Gasteiger partial charge in [-0.25, -0.2) is 4.98 Å². The Balaban J connectivity index is 1.90. The first-order chi connectivity index (χ1) is 8.63. The smallest absolute Gasteiger partial charge is 0.123 e. The molecule has 1 aromatic carbocycles. The number of nitrogens with zero attached hydrogens (tertiary/aromatic N) is 1. The molecule has 18 heavy (non-hydrogen) atoms. The third kappa shape index (κ3) is 2.08. The predicted molar refractivity (Wildman–Crippen MR) is 77.0 cm³/mol. The molecule has 1 heterocycles. The van der Waals surface area contributed by atoms with Crippen molar-refractivity contribution in [3.63, 3.8) is 0 Å².